The monoisotopic (exact) mass is 383 g/mol. The van der Waals surface area contributed by atoms with Gasteiger partial charge in [-0.3, -0.25) is 9.78 Å². The third kappa shape index (κ3) is 5.28. The fourth-order valence-electron chi connectivity index (χ4n) is 2.87. The summed E-state index contributed by atoms with van der Waals surface area (Å²) in [7, 11) is 3.70. The lowest BCUT2D eigenvalue weighted by Crippen LogP contribution is -2.44. The minimum absolute atomic E-state index is 0.134. The average Bonchev–Trinajstić information content (AvgIpc) is 2.74. The minimum Gasteiger partial charge on any atom is -0.467 e. The van der Waals surface area contributed by atoms with E-state index in [2.05, 4.69) is 32.4 Å². The molecule has 1 aliphatic heterocycles. The molecular formula is C20H25N5O3. The average molecular weight is 383 g/mol. The molecule has 1 aliphatic rings. The zero-order chi connectivity index (χ0) is 19.8. The number of likely N-dealkylation sites (N-methyl/N-ethyl adjacent to an activating group) is 1. The highest BCUT2D eigenvalue weighted by molar-refractivity contribution is 5.93. The summed E-state index contributed by atoms with van der Waals surface area (Å²) in [5, 5.41) is 4.07. The molecule has 0 bridgehead atoms. The number of hydrogen-bond donors (Lipinski definition) is 1. The van der Waals surface area contributed by atoms with Crippen LogP contribution in [0.3, 0.4) is 0 Å². The van der Waals surface area contributed by atoms with Crippen molar-refractivity contribution in [3.8, 4) is 5.75 Å². The zero-order valence-electron chi connectivity index (χ0n) is 16.2. The van der Waals surface area contributed by atoms with E-state index in [4.69, 9.17) is 9.47 Å². The lowest BCUT2D eigenvalue weighted by atomic mass is 10.1. The molecule has 1 fully saturated rings. The molecule has 1 saturated heterocycles. The van der Waals surface area contributed by atoms with Gasteiger partial charge in [-0.2, -0.15) is 5.10 Å². The molecule has 0 spiro atoms. The number of rotatable bonds is 7. The summed E-state index contributed by atoms with van der Waals surface area (Å²) in [6.07, 6.45) is 3.14. The number of carbonyl (C=O) groups excluding carboxylic acids is 1. The van der Waals surface area contributed by atoms with Crippen molar-refractivity contribution >= 4 is 17.8 Å². The molecule has 148 valence electrons. The number of nitrogens with one attached hydrogen (secondary N) is 1. The third-order valence-corrected chi connectivity index (χ3v) is 4.46. The second kappa shape index (κ2) is 9.82. The van der Waals surface area contributed by atoms with Crippen molar-refractivity contribution in [1.82, 2.24) is 15.3 Å². The van der Waals surface area contributed by atoms with Crippen LogP contribution in [0, 0.1) is 0 Å². The molecule has 28 heavy (non-hydrogen) atoms. The van der Waals surface area contributed by atoms with Crippen molar-refractivity contribution < 1.29 is 14.3 Å². The molecule has 0 radical (unpaired) electrons. The van der Waals surface area contributed by atoms with Crippen molar-refractivity contribution in [2.45, 2.75) is 0 Å². The van der Waals surface area contributed by atoms with Gasteiger partial charge in [0.2, 0.25) is 0 Å². The van der Waals surface area contributed by atoms with Crippen LogP contribution in [0.25, 0.3) is 0 Å². The van der Waals surface area contributed by atoms with Crippen molar-refractivity contribution in [1.29, 1.82) is 0 Å². The highest BCUT2D eigenvalue weighted by Gasteiger charge is 2.15. The molecule has 1 aromatic carbocycles. The number of pyridine rings is 1. The van der Waals surface area contributed by atoms with Crippen molar-refractivity contribution in [2.75, 3.05) is 52.0 Å². The summed E-state index contributed by atoms with van der Waals surface area (Å²) in [4.78, 5) is 20.7. The fraction of sp³-hybridized carbons (Fsp3) is 0.350. The van der Waals surface area contributed by atoms with Gasteiger partial charge in [-0.25, -0.2) is 5.43 Å². The number of hydrazone groups is 1. The van der Waals surface area contributed by atoms with Gasteiger partial charge >= 0.3 is 0 Å². The summed E-state index contributed by atoms with van der Waals surface area (Å²) >= 11 is 0. The van der Waals surface area contributed by atoms with Gasteiger partial charge in [-0.05, 0) is 37.4 Å². The number of aromatic nitrogens is 1. The first kappa shape index (κ1) is 19.8. The van der Waals surface area contributed by atoms with Gasteiger partial charge in [-0.1, -0.05) is 6.07 Å². The first-order chi connectivity index (χ1) is 13.7. The summed E-state index contributed by atoms with van der Waals surface area (Å²) < 4.78 is 10.6. The van der Waals surface area contributed by atoms with E-state index in [1.54, 1.807) is 37.7 Å². The van der Waals surface area contributed by atoms with Crippen LogP contribution in [-0.4, -0.2) is 69.1 Å². The number of carbonyl (C=O) groups is 1. The maximum Gasteiger partial charge on any atom is 0.289 e. The Morgan fingerprint density at radius 2 is 2.07 bits per heavy atom. The molecule has 1 aromatic heterocycles. The molecule has 2 aromatic rings. The molecule has 8 nitrogen and oxygen atoms in total. The number of piperazine rings is 1. The van der Waals surface area contributed by atoms with Gasteiger partial charge in [0.1, 0.15) is 11.4 Å². The van der Waals surface area contributed by atoms with Crippen molar-refractivity contribution in [3.05, 3.63) is 53.9 Å². The number of benzene rings is 1. The Balaban J connectivity index is 1.74. The Morgan fingerprint density at radius 1 is 1.25 bits per heavy atom. The van der Waals surface area contributed by atoms with E-state index >= 15 is 0 Å². The van der Waals surface area contributed by atoms with E-state index in [1.165, 1.54) is 0 Å². The number of amides is 1. The van der Waals surface area contributed by atoms with Crippen molar-refractivity contribution in [3.63, 3.8) is 0 Å². The van der Waals surface area contributed by atoms with E-state index < -0.39 is 0 Å². The van der Waals surface area contributed by atoms with Crippen LogP contribution in [0.4, 0.5) is 5.69 Å². The van der Waals surface area contributed by atoms with Crippen LogP contribution in [0.5, 0.6) is 5.75 Å². The third-order valence-electron chi connectivity index (χ3n) is 4.46. The van der Waals surface area contributed by atoms with E-state index in [0.29, 0.717) is 11.4 Å². The second-order valence-electron chi connectivity index (χ2n) is 6.48. The van der Waals surface area contributed by atoms with Crippen LogP contribution in [0.1, 0.15) is 16.1 Å². The largest absolute Gasteiger partial charge is 0.467 e. The van der Waals surface area contributed by atoms with Crippen LogP contribution in [0.2, 0.25) is 0 Å². The van der Waals surface area contributed by atoms with Crippen LogP contribution in [0.15, 0.2) is 47.7 Å². The summed E-state index contributed by atoms with van der Waals surface area (Å²) in [6.45, 7) is 4.09. The summed E-state index contributed by atoms with van der Waals surface area (Å²) in [5.41, 5.74) is 4.66. The maximum atomic E-state index is 12.1. The molecule has 3 rings (SSSR count). The number of nitrogens with zero attached hydrogens (tertiary/aromatic N) is 4. The molecular weight excluding hydrogens is 358 g/mol. The number of methoxy groups -OCH3 is 1. The SMILES string of the molecule is COCOc1ccc(N2CCN(C)CC2)cc1/C=N/NC(=O)c1ccccn1. The molecule has 2 heterocycles. The number of hydrogen-bond acceptors (Lipinski definition) is 7. The Morgan fingerprint density at radius 3 is 2.79 bits per heavy atom. The molecule has 0 saturated carbocycles. The van der Waals surface area contributed by atoms with Gasteiger partial charge in [0, 0.05) is 50.7 Å². The number of anilines is 1. The van der Waals surface area contributed by atoms with Gasteiger partial charge in [0.25, 0.3) is 5.91 Å². The summed E-state index contributed by atoms with van der Waals surface area (Å²) in [5.74, 6) is 0.266. The molecule has 1 amide bonds. The van der Waals surface area contributed by atoms with Crippen LogP contribution in [-0.2, 0) is 4.74 Å². The number of ether oxygens (including phenoxy) is 2. The first-order valence-electron chi connectivity index (χ1n) is 9.11. The first-order valence-corrected chi connectivity index (χ1v) is 9.11. The van der Waals surface area contributed by atoms with Crippen LogP contribution >= 0.6 is 0 Å². The maximum absolute atomic E-state index is 12.1. The molecule has 1 N–H and O–H groups in total. The highest BCUT2D eigenvalue weighted by Crippen LogP contribution is 2.25. The highest BCUT2D eigenvalue weighted by atomic mass is 16.7. The van der Waals surface area contributed by atoms with Gasteiger partial charge in [0.15, 0.2) is 6.79 Å². The topological polar surface area (TPSA) is 79.3 Å². The standard InChI is InChI=1S/C20H25N5O3/c1-24-9-11-25(12-10-24)17-6-7-19(28-15-27-2)16(13-17)14-22-23-20(26)18-5-3-4-8-21-18/h3-8,13-14H,9-12,15H2,1-2H3,(H,23,26)/b22-14+. The summed E-state index contributed by atoms with van der Waals surface area (Å²) in [6, 6.07) is 11.1. The lowest BCUT2D eigenvalue weighted by molar-refractivity contribution is 0.0510. The van der Waals surface area contributed by atoms with E-state index in [-0.39, 0.29) is 12.7 Å². The molecule has 0 aliphatic carbocycles. The predicted molar refractivity (Wildman–Crippen MR) is 108 cm³/mol. The van der Waals surface area contributed by atoms with Crippen molar-refractivity contribution in [2.24, 2.45) is 5.10 Å². The zero-order valence-corrected chi connectivity index (χ0v) is 16.2. The molecule has 8 heteroatoms. The van der Waals surface area contributed by atoms with Crippen LogP contribution < -0.4 is 15.1 Å². The van der Waals surface area contributed by atoms with E-state index in [9.17, 15) is 4.79 Å². The quantitative estimate of drug-likeness (QED) is 0.444. The van der Waals surface area contributed by atoms with Gasteiger partial charge in [0.05, 0.1) is 6.21 Å². The fourth-order valence-corrected chi connectivity index (χ4v) is 2.87. The van der Waals surface area contributed by atoms with E-state index in [0.717, 1.165) is 37.4 Å². The Hall–Kier alpha value is -2.97. The minimum atomic E-state index is -0.369. The Labute approximate surface area is 164 Å². The Kier molecular flexibility index (Phi) is 6.94. The molecule has 0 unspecified atom stereocenters. The van der Waals surface area contributed by atoms with Gasteiger partial charge in [-0.15, -0.1) is 0 Å². The second-order valence-corrected chi connectivity index (χ2v) is 6.48. The predicted octanol–water partition coefficient (Wildman–Crippen LogP) is 1.58. The lowest BCUT2D eigenvalue weighted by Gasteiger charge is -2.34. The normalized spacial score (nSPS) is 15.0. The molecule has 0 atom stereocenters. The smallest absolute Gasteiger partial charge is 0.289 e. The Bertz CT molecular complexity index is 805. The van der Waals surface area contributed by atoms with Gasteiger partial charge < -0.3 is 19.3 Å². The van der Waals surface area contributed by atoms with E-state index in [1.807, 2.05) is 18.2 Å².